The smallest absolute Gasteiger partial charge is 0.295 e. The Morgan fingerprint density at radius 1 is 1.11 bits per heavy atom. The number of hydrogen-bond donors (Lipinski definition) is 2. The quantitative estimate of drug-likeness (QED) is 0.358. The molecule has 2 aromatic carbocycles. The summed E-state index contributed by atoms with van der Waals surface area (Å²) in [5.74, 6) is -0.725. The molecule has 2 unspecified atom stereocenters. The Labute approximate surface area is 209 Å². The monoisotopic (exact) mass is 494 g/mol. The number of phenolic OH excluding ortho intramolecular Hbond substituents is 1. The van der Waals surface area contributed by atoms with E-state index in [9.17, 15) is 19.8 Å². The molecule has 2 saturated heterocycles. The highest BCUT2D eigenvalue weighted by molar-refractivity contribution is 6.46. The van der Waals surface area contributed by atoms with Gasteiger partial charge in [-0.25, -0.2) is 0 Å². The molecule has 9 nitrogen and oxygen atoms in total. The average Bonchev–Trinajstić information content (AvgIpc) is 3.38. The molecule has 3 aliphatic rings. The number of aliphatic hydroxyl groups excluding tert-OH is 1. The predicted octanol–water partition coefficient (Wildman–Crippen LogP) is 2.48. The molecule has 3 aliphatic heterocycles. The fourth-order valence-corrected chi connectivity index (χ4v) is 5.12. The number of Topliss-reactive ketones (excluding diaryl/α,β-unsaturated/α-hetero) is 1. The summed E-state index contributed by atoms with van der Waals surface area (Å²) in [5.41, 5.74) is 1.97. The Bertz CT molecular complexity index is 1220. The second-order valence-electron chi connectivity index (χ2n) is 9.33. The van der Waals surface area contributed by atoms with Crippen molar-refractivity contribution in [2.45, 2.75) is 25.5 Å². The maximum absolute atomic E-state index is 13.3. The summed E-state index contributed by atoms with van der Waals surface area (Å²) >= 11 is 0. The number of fused-ring (bicyclic) bond motifs is 1. The first-order valence-corrected chi connectivity index (χ1v) is 12.1. The van der Waals surface area contributed by atoms with Crippen LogP contribution < -0.4 is 9.47 Å². The van der Waals surface area contributed by atoms with Gasteiger partial charge in [-0.05, 0) is 48.4 Å². The van der Waals surface area contributed by atoms with Crippen LogP contribution in [-0.2, 0) is 20.7 Å². The number of aromatic hydroxyl groups is 1. The molecule has 0 spiro atoms. The highest BCUT2D eigenvalue weighted by Crippen LogP contribution is 2.42. The third-order valence-corrected chi connectivity index (χ3v) is 6.99. The molecule has 36 heavy (non-hydrogen) atoms. The zero-order valence-corrected chi connectivity index (χ0v) is 20.4. The zero-order chi connectivity index (χ0) is 25.4. The molecule has 1 amide bonds. The Hall–Kier alpha value is -3.56. The highest BCUT2D eigenvalue weighted by Gasteiger charge is 2.46. The lowest BCUT2D eigenvalue weighted by Gasteiger charge is -2.31. The third kappa shape index (κ3) is 4.40. The van der Waals surface area contributed by atoms with Gasteiger partial charge in [-0.2, -0.15) is 0 Å². The van der Waals surface area contributed by atoms with Crippen LogP contribution in [0.3, 0.4) is 0 Å². The minimum atomic E-state index is -0.830. The SMILES string of the molecule is COc1cc(C2C(=C(O)c3ccc4c(c3)CC(C)O4)C(=O)C(=O)N2CCN2CCOCC2)ccc1O. The number of ether oxygens (including phenoxy) is 3. The molecule has 2 fully saturated rings. The Morgan fingerprint density at radius 3 is 2.64 bits per heavy atom. The van der Waals surface area contributed by atoms with Crippen molar-refractivity contribution in [2.24, 2.45) is 0 Å². The number of aliphatic hydroxyl groups is 1. The summed E-state index contributed by atoms with van der Waals surface area (Å²) in [6, 6.07) is 9.15. The normalized spacial score (nSPS) is 23.6. The molecule has 3 heterocycles. The van der Waals surface area contributed by atoms with E-state index in [1.54, 1.807) is 24.3 Å². The number of hydrogen-bond acceptors (Lipinski definition) is 8. The van der Waals surface area contributed by atoms with Gasteiger partial charge in [-0.15, -0.1) is 0 Å². The second kappa shape index (κ2) is 9.83. The number of rotatable bonds is 6. The van der Waals surface area contributed by atoms with E-state index < -0.39 is 17.7 Å². The van der Waals surface area contributed by atoms with Crippen molar-refractivity contribution in [1.29, 1.82) is 0 Å². The van der Waals surface area contributed by atoms with Gasteiger partial charge in [-0.1, -0.05) is 6.07 Å². The molecule has 0 aliphatic carbocycles. The number of carbonyl (C=O) groups is 2. The van der Waals surface area contributed by atoms with E-state index in [-0.39, 0.29) is 28.9 Å². The van der Waals surface area contributed by atoms with Gasteiger partial charge < -0.3 is 29.3 Å². The van der Waals surface area contributed by atoms with E-state index in [0.717, 1.165) is 24.4 Å². The van der Waals surface area contributed by atoms with Crippen molar-refractivity contribution in [3.8, 4) is 17.2 Å². The van der Waals surface area contributed by atoms with Gasteiger partial charge >= 0.3 is 0 Å². The first kappa shape index (κ1) is 24.1. The third-order valence-electron chi connectivity index (χ3n) is 6.99. The number of nitrogens with zero attached hydrogens (tertiary/aromatic N) is 2. The minimum Gasteiger partial charge on any atom is -0.507 e. The second-order valence-corrected chi connectivity index (χ2v) is 9.33. The lowest BCUT2D eigenvalue weighted by atomic mass is 9.94. The van der Waals surface area contributed by atoms with Crippen LogP contribution in [0.15, 0.2) is 42.0 Å². The molecule has 0 radical (unpaired) electrons. The van der Waals surface area contributed by atoms with Gasteiger partial charge in [0, 0.05) is 38.2 Å². The highest BCUT2D eigenvalue weighted by atomic mass is 16.5. The zero-order valence-electron chi connectivity index (χ0n) is 20.4. The van der Waals surface area contributed by atoms with Crippen molar-refractivity contribution >= 4 is 17.4 Å². The fraction of sp³-hybridized carbons (Fsp3) is 0.407. The molecular formula is C27H30N2O7. The van der Waals surface area contributed by atoms with Gasteiger partial charge in [0.15, 0.2) is 11.5 Å². The number of morpholine rings is 1. The van der Waals surface area contributed by atoms with Crippen LogP contribution in [0.2, 0.25) is 0 Å². The first-order chi connectivity index (χ1) is 17.4. The Balaban J connectivity index is 1.56. The summed E-state index contributed by atoms with van der Waals surface area (Å²) in [6.07, 6.45) is 0.732. The molecule has 0 bridgehead atoms. The summed E-state index contributed by atoms with van der Waals surface area (Å²) in [6.45, 7) is 5.57. The molecule has 9 heteroatoms. The molecular weight excluding hydrogens is 464 g/mol. The number of likely N-dealkylation sites (tertiary alicyclic amines) is 1. The maximum atomic E-state index is 13.3. The summed E-state index contributed by atoms with van der Waals surface area (Å²) < 4.78 is 16.4. The Morgan fingerprint density at radius 2 is 1.89 bits per heavy atom. The van der Waals surface area contributed by atoms with Crippen LogP contribution in [0.25, 0.3) is 5.76 Å². The van der Waals surface area contributed by atoms with E-state index in [1.165, 1.54) is 18.1 Å². The van der Waals surface area contributed by atoms with E-state index >= 15 is 0 Å². The Kier molecular flexibility index (Phi) is 6.59. The minimum absolute atomic E-state index is 0.0154. The van der Waals surface area contributed by atoms with E-state index in [4.69, 9.17) is 14.2 Å². The lowest BCUT2D eigenvalue weighted by Crippen LogP contribution is -2.42. The van der Waals surface area contributed by atoms with Gasteiger partial charge in [-0.3, -0.25) is 14.5 Å². The lowest BCUT2D eigenvalue weighted by molar-refractivity contribution is -0.140. The molecule has 5 rings (SSSR count). The van der Waals surface area contributed by atoms with Crippen molar-refractivity contribution in [1.82, 2.24) is 9.80 Å². The fourth-order valence-electron chi connectivity index (χ4n) is 5.12. The average molecular weight is 495 g/mol. The van der Waals surface area contributed by atoms with Crippen LogP contribution in [0.4, 0.5) is 0 Å². The van der Waals surface area contributed by atoms with E-state index in [0.29, 0.717) is 43.9 Å². The number of methoxy groups -OCH3 is 1. The molecule has 2 aromatic rings. The van der Waals surface area contributed by atoms with Crippen LogP contribution in [0.1, 0.15) is 29.7 Å². The molecule has 2 N–H and O–H groups in total. The van der Waals surface area contributed by atoms with Crippen molar-refractivity contribution in [3.05, 3.63) is 58.7 Å². The summed E-state index contributed by atoms with van der Waals surface area (Å²) in [7, 11) is 1.43. The van der Waals surface area contributed by atoms with Crippen molar-refractivity contribution in [3.63, 3.8) is 0 Å². The van der Waals surface area contributed by atoms with Crippen LogP contribution in [0, 0.1) is 0 Å². The number of ketones is 1. The van der Waals surface area contributed by atoms with Crippen LogP contribution >= 0.6 is 0 Å². The summed E-state index contributed by atoms with van der Waals surface area (Å²) in [4.78, 5) is 30.2. The van der Waals surface area contributed by atoms with Crippen molar-refractivity contribution in [2.75, 3.05) is 46.5 Å². The van der Waals surface area contributed by atoms with E-state index in [1.807, 2.05) is 13.0 Å². The van der Waals surface area contributed by atoms with Gasteiger partial charge in [0.05, 0.1) is 31.9 Å². The number of phenols is 1. The van der Waals surface area contributed by atoms with Gasteiger partial charge in [0.1, 0.15) is 17.6 Å². The predicted molar refractivity (Wildman–Crippen MR) is 131 cm³/mol. The van der Waals surface area contributed by atoms with Crippen molar-refractivity contribution < 1.29 is 34.0 Å². The van der Waals surface area contributed by atoms with Crippen LogP contribution in [-0.4, -0.2) is 84.3 Å². The number of carbonyl (C=O) groups excluding carboxylic acids is 2. The molecule has 0 aromatic heterocycles. The summed E-state index contributed by atoms with van der Waals surface area (Å²) in [5, 5.41) is 21.5. The van der Waals surface area contributed by atoms with E-state index in [2.05, 4.69) is 4.90 Å². The van der Waals surface area contributed by atoms with Gasteiger partial charge in [0.25, 0.3) is 11.7 Å². The first-order valence-electron chi connectivity index (χ1n) is 12.1. The molecule has 0 saturated carbocycles. The molecule has 190 valence electrons. The number of benzene rings is 2. The topological polar surface area (TPSA) is 109 Å². The standard InChI is InChI=1S/C27H30N2O7/c1-16-13-19-14-18(4-6-21(19)36-16)25(31)23-24(17-3-5-20(30)22(15-17)34-2)29(27(33)26(23)32)8-7-28-9-11-35-12-10-28/h3-6,14-16,24,30-31H,7-13H2,1-2H3. The number of amides is 1. The molecule has 2 atom stereocenters. The maximum Gasteiger partial charge on any atom is 0.295 e. The van der Waals surface area contributed by atoms with Gasteiger partial charge in [0.2, 0.25) is 0 Å². The van der Waals surface area contributed by atoms with Crippen LogP contribution in [0.5, 0.6) is 17.2 Å². The largest absolute Gasteiger partial charge is 0.507 e.